The highest BCUT2D eigenvalue weighted by Crippen LogP contribution is 2.27. The number of nitrogens with one attached hydrogen (secondary N) is 2. The summed E-state index contributed by atoms with van der Waals surface area (Å²) >= 11 is 5.82. The predicted octanol–water partition coefficient (Wildman–Crippen LogP) is 4.30. The second-order valence-corrected chi connectivity index (χ2v) is 7.67. The molecule has 5 heteroatoms. The number of amides is 1. The molecule has 1 aromatic rings. The average Bonchev–Trinajstić information content (AvgIpc) is 3.18. The molecule has 0 unspecified atom stereocenters. The van der Waals surface area contributed by atoms with Gasteiger partial charge in [-0.25, -0.2) is 4.39 Å². The van der Waals surface area contributed by atoms with E-state index in [1.54, 1.807) is 0 Å². The van der Waals surface area contributed by atoms with E-state index in [0.29, 0.717) is 6.04 Å². The summed E-state index contributed by atoms with van der Waals surface area (Å²) in [6.45, 7) is 1.08. The van der Waals surface area contributed by atoms with Gasteiger partial charge in [-0.05, 0) is 56.3 Å². The third-order valence-corrected chi connectivity index (χ3v) is 5.57. The molecule has 3 rings (SSSR count). The summed E-state index contributed by atoms with van der Waals surface area (Å²) in [6.07, 6.45) is 9.84. The molecular weight excluding hydrogens is 327 g/mol. The highest BCUT2D eigenvalue weighted by Gasteiger charge is 2.26. The van der Waals surface area contributed by atoms with Crippen molar-refractivity contribution < 1.29 is 9.18 Å². The SMILES string of the molecule is O=C(N[C@H]1CC[C@H](NCCC2CCCC2)C1)c1cc(F)cc(Cl)c1. The van der Waals surface area contributed by atoms with Crippen molar-refractivity contribution in [1.82, 2.24) is 10.6 Å². The Balaban J connectivity index is 1.41. The Morgan fingerprint density at radius 1 is 1.12 bits per heavy atom. The lowest BCUT2D eigenvalue weighted by atomic mass is 10.0. The Morgan fingerprint density at radius 3 is 2.62 bits per heavy atom. The van der Waals surface area contributed by atoms with Gasteiger partial charge in [0, 0.05) is 22.7 Å². The van der Waals surface area contributed by atoms with Gasteiger partial charge in [0.1, 0.15) is 5.82 Å². The zero-order valence-corrected chi connectivity index (χ0v) is 14.7. The van der Waals surface area contributed by atoms with Gasteiger partial charge in [0.05, 0.1) is 0 Å². The van der Waals surface area contributed by atoms with Crippen LogP contribution >= 0.6 is 11.6 Å². The van der Waals surface area contributed by atoms with Crippen molar-refractivity contribution in [3.63, 3.8) is 0 Å². The van der Waals surface area contributed by atoms with Crippen molar-refractivity contribution in [2.45, 2.75) is 63.5 Å². The highest BCUT2D eigenvalue weighted by molar-refractivity contribution is 6.31. The predicted molar refractivity (Wildman–Crippen MR) is 94.9 cm³/mol. The van der Waals surface area contributed by atoms with Gasteiger partial charge in [0.2, 0.25) is 0 Å². The maximum Gasteiger partial charge on any atom is 0.251 e. The van der Waals surface area contributed by atoms with Crippen molar-refractivity contribution >= 4 is 17.5 Å². The molecular formula is C19H26ClFN2O. The van der Waals surface area contributed by atoms with Crippen LogP contribution in [0, 0.1) is 11.7 Å². The molecule has 0 spiro atoms. The van der Waals surface area contributed by atoms with Gasteiger partial charge in [-0.1, -0.05) is 37.3 Å². The van der Waals surface area contributed by atoms with Crippen LogP contribution in [-0.4, -0.2) is 24.5 Å². The third-order valence-electron chi connectivity index (χ3n) is 5.35. The van der Waals surface area contributed by atoms with Crippen LogP contribution in [0.5, 0.6) is 0 Å². The molecule has 24 heavy (non-hydrogen) atoms. The van der Waals surface area contributed by atoms with E-state index < -0.39 is 5.82 Å². The fourth-order valence-electron chi connectivity index (χ4n) is 4.04. The van der Waals surface area contributed by atoms with Crippen molar-refractivity contribution in [3.8, 4) is 0 Å². The summed E-state index contributed by atoms with van der Waals surface area (Å²) in [4.78, 5) is 12.2. The lowest BCUT2D eigenvalue weighted by Gasteiger charge is -2.16. The maximum atomic E-state index is 13.4. The Bertz CT molecular complexity index is 554. The second-order valence-electron chi connectivity index (χ2n) is 7.23. The van der Waals surface area contributed by atoms with Gasteiger partial charge >= 0.3 is 0 Å². The Morgan fingerprint density at radius 2 is 1.88 bits per heavy atom. The minimum atomic E-state index is -0.481. The van der Waals surface area contributed by atoms with E-state index in [-0.39, 0.29) is 22.5 Å². The third kappa shape index (κ3) is 4.93. The van der Waals surface area contributed by atoms with Crippen LogP contribution in [-0.2, 0) is 0 Å². The number of carbonyl (C=O) groups is 1. The van der Waals surface area contributed by atoms with Crippen molar-refractivity contribution in [2.24, 2.45) is 5.92 Å². The van der Waals surface area contributed by atoms with E-state index in [1.165, 1.54) is 50.3 Å². The van der Waals surface area contributed by atoms with Crippen LogP contribution in [0.4, 0.5) is 4.39 Å². The summed E-state index contributed by atoms with van der Waals surface area (Å²) in [5, 5.41) is 6.89. The van der Waals surface area contributed by atoms with Crippen molar-refractivity contribution in [3.05, 3.63) is 34.6 Å². The Labute approximate surface area is 148 Å². The highest BCUT2D eigenvalue weighted by atomic mass is 35.5. The van der Waals surface area contributed by atoms with E-state index in [0.717, 1.165) is 31.7 Å². The second kappa shape index (κ2) is 8.30. The van der Waals surface area contributed by atoms with E-state index in [2.05, 4.69) is 10.6 Å². The number of rotatable bonds is 6. The summed E-state index contributed by atoms with van der Waals surface area (Å²) in [7, 11) is 0. The first-order valence-corrected chi connectivity index (χ1v) is 9.48. The Hall–Kier alpha value is -1.13. The molecule has 1 aromatic carbocycles. The Kier molecular flexibility index (Phi) is 6.12. The van der Waals surface area contributed by atoms with E-state index >= 15 is 0 Å². The molecule has 0 aromatic heterocycles. The zero-order chi connectivity index (χ0) is 16.9. The minimum absolute atomic E-state index is 0.156. The zero-order valence-electron chi connectivity index (χ0n) is 14.0. The molecule has 0 bridgehead atoms. The summed E-state index contributed by atoms with van der Waals surface area (Å²) < 4.78 is 13.4. The molecule has 2 fully saturated rings. The molecule has 0 saturated heterocycles. The number of hydrogen-bond donors (Lipinski definition) is 2. The maximum absolute atomic E-state index is 13.4. The van der Waals surface area contributed by atoms with Crippen molar-refractivity contribution in [2.75, 3.05) is 6.54 Å². The van der Waals surface area contributed by atoms with Crippen LogP contribution in [0.2, 0.25) is 5.02 Å². The molecule has 0 heterocycles. The largest absolute Gasteiger partial charge is 0.349 e. The topological polar surface area (TPSA) is 41.1 Å². The molecule has 2 saturated carbocycles. The fourth-order valence-corrected chi connectivity index (χ4v) is 4.26. The first kappa shape index (κ1) is 17.7. The van der Waals surface area contributed by atoms with Gasteiger partial charge < -0.3 is 10.6 Å². The van der Waals surface area contributed by atoms with Crippen LogP contribution < -0.4 is 10.6 Å². The monoisotopic (exact) mass is 352 g/mol. The molecule has 0 radical (unpaired) electrons. The van der Waals surface area contributed by atoms with E-state index in [9.17, 15) is 9.18 Å². The van der Waals surface area contributed by atoms with Crippen LogP contribution in [0.1, 0.15) is 61.7 Å². The first-order chi connectivity index (χ1) is 11.6. The normalized spacial score (nSPS) is 24.4. The van der Waals surface area contributed by atoms with Crippen LogP contribution in [0.15, 0.2) is 18.2 Å². The fraction of sp³-hybridized carbons (Fsp3) is 0.632. The quantitative estimate of drug-likeness (QED) is 0.801. The molecule has 0 aliphatic heterocycles. The molecule has 2 atom stereocenters. The standard InChI is InChI=1S/C19H26ClFN2O/c20-15-9-14(10-16(21)11-15)19(24)23-18-6-5-17(12-18)22-8-7-13-3-1-2-4-13/h9-11,13,17-18,22H,1-8,12H2,(H,23,24)/t17-,18-/m0/s1. The van der Waals surface area contributed by atoms with Crippen molar-refractivity contribution in [1.29, 1.82) is 0 Å². The van der Waals surface area contributed by atoms with Crippen LogP contribution in [0.25, 0.3) is 0 Å². The van der Waals surface area contributed by atoms with Gasteiger partial charge in [0.25, 0.3) is 5.91 Å². The molecule has 2 aliphatic rings. The number of carbonyl (C=O) groups excluding carboxylic acids is 1. The summed E-state index contributed by atoms with van der Waals surface area (Å²) in [6, 6.07) is 4.58. The molecule has 2 aliphatic carbocycles. The number of hydrogen-bond acceptors (Lipinski definition) is 2. The number of halogens is 2. The van der Waals surface area contributed by atoms with Gasteiger partial charge in [-0.2, -0.15) is 0 Å². The lowest BCUT2D eigenvalue weighted by Crippen LogP contribution is -2.35. The molecule has 132 valence electrons. The molecule has 2 N–H and O–H groups in total. The van der Waals surface area contributed by atoms with Crippen LogP contribution in [0.3, 0.4) is 0 Å². The smallest absolute Gasteiger partial charge is 0.251 e. The lowest BCUT2D eigenvalue weighted by molar-refractivity contribution is 0.0937. The first-order valence-electron chi connectivity index (χ1n) is 9.10. The van der Waals surface area contributed by atoms with E-state index in [4.69, 9.17) is 11.6 Å². The molecule has 1 amide bonds. The summed E-state index contributed by atoms with van der Waals surface area (Å²) in [5.74, 6) is 0.186. The molecule has 3 nitrogen and oxygen atoms in total. The van der Waals surface area contributed by atoms with Gasteiger partial charge in [-0.3, -0.25) is 4.79 Å². The summed E-state index contributed by atoms with van der Waals surface area (Å²) in [5.41, 5.74) is 0.289. The van der Waals surface area contributed by atoms with Gasteiger partial charge in [0.15, 0.2) is 0 Å². The number of benzene rings is 1. The van der Waals surface area contributed by atoms with E-state index in [1.807, 2.05) is 0 Å². The van der Waals surface area contributed by atoms with Gasteiger partial charge in [-0.15, -0.1) is 0 Å². The minimum Gasteiger partial charge on any atom is -0.349 e. The average molecular weight is 353 g/mol.